The van der Waals surface area contributed by atoms with Crippen molar-refractivity contribution >= 4 is 28.4 Å². The van der Waals surface area contributed by atoms with Crippen LogP contribution in [0.1, 0.15) is 28.9 Å². The zero-order valence-electron chi connectivity index (χ0n) is 14.0. The van der Waals surface area contributed by atoms with Crippen LogP contribution in [0, 0.1) is 10.1 Å². The topological polar surface area (TPSA) is 130 Å². The van der Waals surface area contributed by atoms with Crippen molar-refractivity contribution in [2.45, 2.75) is 13.0 Å². The Labute approximate surface area is 147 Å². The van der Waals surface area contributed by atoms with E-state index in [-0.39, 0.29) is 23.0 Å². The highest BCUT2D eigenvalue weighted by Gasteiger charge is 2.19. The molecule has 3 rings (SSSR count). The van der Waals surface area contributed by atoms with Crippen molar-refractivity contribution in [3.63, 3.8) is 0 Å². The smallest absolute Gasteiger partial charge is 0.340 e. The van der Waals surface area contributed by atoms with Crippen molar-refractivity contribution < 1.29 is 14.5 Å². The van der Waals surface area contributed by atoms with Crippen LogP contribution in [0.2, 0.25) is 0 Å². The number of hydrogen-bond donors (Lipinski definition) is 3. The molecule has 1 heterocycles. The molecule has 0 amide bonds. The lowest BCUT2D eigenvalue weighted by Gasteiger charge is -2.18. The fraction of sp³-hybridized carbons (Fsp3) is 0.176. The number of non-ortho nitro benzene ring substituents is 1. The van der Waals surface area contributed by atoms with Gasteiger partial charge >= 0.3 is 11.7 Å². The number of fused-ring (bicyclic) bond motifs is 1. The van der Waals surface area contributed by atoms with E-state index in [4.69, 9.17) is 4.74 Å². The predicted molar refractivity (Wildman–Crippen MR) is 95.4 cm³/mol. The van der Waals surface area contributed by atoms with E-state index < -0.39 is 10.9 Å². The van der Waals surface area contributed by atoms with Gasteiger partial charge < -0.3 is 20.0 Å². The highest BCUT2D eigenvalue weighted by atomic mass is 16.6. The number of imidazole rings is 1. The molecule has 0 unspecified atom stereocenters. The molecular weight excluding hydrogens is 340 g/mol. The maximum absolute atomic E-state index is 12.0. The third-order valence-electron chi connectivity index (χ3n) is 4.03. The Hall–Kier alpha value is -3.62. The molecule has 0 fully saturated rings. The van der Waals surface area contributed by atoms with E-state index in [1.54, 1.807) is 6.07 Å². The number of rotatable bonds is 5. The molecule has 1 aromatic heterocycles. The van der Waals surface area contributed by atoms with Gasteiger partial charge in [-0.05, 0) is 30.7 Å². The quantitative estimate of drug-likeness (QED) is 0.366. The van der Waals surface area contributed by atoms with Gasteiger partial charge in [-0.2, -0.15) is 0 Å². The van der Waals surface area contributed by atoms with Gasteiger partial charge in [-0.3, -0.25) is 10.1 Å². The van der Waals surface area contributed by atoms with Crippen LogP contribution in [0.25, 0.3) is 11.0 Å². The summed E-state index contributed by atoms with van der Waals surface area (Å²) in [5.41, 5.74) is 2.22. The molecule has 3 N–H and O–H groups in total. The Kier molecular flexibility index (Phi) is 4.44. The third-order valence-corrected chi connectivity index (χ3v) is 4.03. The maximum Gasteiger partial charge on any atom is 0.340 e. The van der Waals surface area contributed by atoms with E-state index in [0.29, 0.717) is 16.7 Å². The summed E-state index contributed by atoms with van der Waals surface area (Å²) in [7, 11) is 1.21. The lowest BCUT2D eigenvalue weighted by atomic mass is 10.1. The monoisotopic (exact) mass is 356 g/mol. The number of nitrogens with zero attached hydrogens (tertiary/aromatic N) is 1. The molecule has 9 heteroatoms. The number of carbonyl (C=O) groups is 1. The van der Waals surface area contributed by atoms with Crippen molar-refractivity contribution in [2.24, 2.45) is 0 Å². The molecule has 0 aliphatic carbocycles. The Morgan fingerprint density at radius 3 is 2.62 bits per heavy atom. The number of hydrogen-bond acceptors (Lipinski definition) is 6. The number of methoxy groups -OCH3 is 1. The Morgan fingerprint density at radius 1 is 1.19 bits per heavy atom. The van der Waals surface area contributed by atoms with E-state index in [0.717, 1.165) is 5.56 Å². The van der Waals surface area contributed by atoms with Gasteiger partial charge in [0.15, 0.2) is 0 Å². The zero-order chi connectivity index (χ0) is 18.8. The van der Waals surface area contributed by atoms with Gasteiger partial charge in [0, 0.05) is 23.9 Å². The molecule has 0 radical (unpaired) electrons. The minimum absolute atomic E-state index is 0.0738. The second-order valence-electron chi connectivity index (χ2n) is 5.73. The van der Waals surface area contributed by atoms with Gasteiger partial charge in [0.2, 0.25) is 0 Å². The van der Waals surface area contributed by atoms with Crippen LogP contribution < -0.4 is 11.0 Å². The average molecular weight is 356 g/mol. The van der Waals surface area contributed by atoms with E-state index in [1.165, 1.54) is 25.3 Å². The van der Waals surface area contributed by atoms with Crippen molar-refractivity contribution in [1.29, 1.82) is 0 Å². The van der Waals surface area contributed by atoms with Gasteiger partial charge in [0.05, 0.1) is 28.6 Å². The number of anilines is 1. The SMILES string of the molecule is COC(=O)c1cc([N+](=O)[O-])ccc1N[C@@H](C)c1ccc2[nH]c(=O)[nH]c2c1. The van der Waals surface area contributed by atoms with Crippen molar-refractivity contribution in [1.82, 2.24) is 9.97 Å². The molecule has 1 atom stereocenters. The van der Waals surface area contributed by atoms with Gasteiger partial charge in [-0.25, -0.2) is 9.59 Å². The first kappa shape index (κ1) is 17.2. The molecule has 3 aromatic rings. The summed E-state index contributed by atoms with van der Waals surface area (Å²) in [5.74, 6) is -0.672. The second-order valence-corrected chi connectivity index (χ2v) is 5.73. The van der Waals surface area contributed by atoms with Crippen molar-refractivity contribution in [3.8, 4) is 0 Å². The minimum atomic E-state index is -0.672. The largest absolute Gasteiger partial charge is 0.465 e. The summed E-state index contributed by atoms with van der Waals surface area (Å²) in [5, 5.41) is 14.1. The Bertz CT molecular complexity index is 1050. The van der Waals surface area contributed by atoms with Crippen LogP contribution in [-0.2, 0) is 4.74 Å². The van der Waals surface area contributed by atoms with Crippen LogP contribution in [-0.4, -0.2) is 28.0 Å². The molecule has 0 saturated heterocycles. The van der Waals surface area contributed by atoms with E-state index in [2.05, 4.69) is 15.3 Å². The Balaban J connectivity index is 1.94. The molecule has 0 aliphatic rings. The molecule has 2 aromatic carbocycles. The lowest BCUT2D eigenvalue weighted by molar-refractivity contribution is -0.384. The number of aromatic nitrogens is 2. The predicted octanol–water partition coefficient (Wildman–Crippen LogP) is 2.72. The number of aromatic amines is 2. The first-order chi connectivity index (χ1) is 12.4. The number of nitrogens with one attached hydrogen (secondary N) is 3. The van der Waals surface area contributed by atoms with Crippen molar-refractivity contribution in [3.05, 3.63) is 68.1 Å². The summed E-state index contributed by atoms with van der Waals surface area (Å²) in [6, 6.07) is 9.15. The number of ether oxygens (including phenoxy) is 1. The fourth-order valence-electron chi connectivity index (χ4n) is 2.69. The first-order valence-electron chi connectivity index (χ1n) is 7.74. The van der Waals surface area contributed by atoms with E-state index in [1.807, 2.05) is 19.1 Å². The van der Waals surface area contributed by atoms with E-state index in [9.17, 15) is 19.7 Å². The van der Waals surface area contributed by atoms with Crippen molar-refractivity contribution in [2.75, 3.05) is 12.4 Å². The molecule has 0 spiro atoms. The molecule has 26 heavy (non-hydrogen) atoms. The normalized spacial score (nSPS) is 11.9. The van der Waals surface area contributed by atoms with Crippen LogP contribution in [0.5, 0.6) is 0 Å². The standard InChI is InChI=1S/C17H16N4O5/c1-9(10-3-5-14-15(7-10)20-17(23)19-14)18-13-6-4-11(21(24)25)8-12(13)16(22)26-2/h3-9,18H,1-2H3,(H2,19,20,23)/t9-/m0/s1. The summed E-state index contributed by atoms with van der Waals surface area (Å²) in [4.78, 5) is 39.1. The zero-order valence-corrected chi connectivity index (χ0v) is 14.0. The lowest BCUT2D eigenvalue weighted by Crippen LogP contribution is -2.12. The number of nitro benzene ring substituents is 1. The molecule has 0 aliphatic heterocycles. The number of carbonyl (C=O) groups excluding carboxylic acids is 1. The molecule has 0 saturated carbocycles. The maximum atomic E-state index is 12.0. The highest BCUT2D eigenvalue weighted by molar-refractivity contribution is 5.96. The van der Waals surface area contributed by atoms with Crippen LogP contribution in [0.4, 0.5) is 11.4 Å². The summed E-state index contributed by atoms with van der Waals surface area (Å²) in [6.45, 7) is 1.87. The van der Waals surface area contributed by atoms with Crippen LogP contribution >= 0.6 is 0 Å². The highest BCUT2D eigenvalue weighted by Crippen LogP contribution is 2.27. The summed E-state index contributed by atoms with van der Waals surface area (Å²) >= 11 is 0. The average Bonchev–Trinajstić information content (AvgIpc) is 3.00. The van der Waals surface area contributed by atoms with E-state index >= 15 is 0 Å². The van der Waals surface area contributed by atoms with Crippen LogP contribution in [0.3, 0.4) is 0 Å². The van der Waals surface area contributed by atoms with Gasteiger partial charge in [0.25, 0.3) is 5.69 Å². The van der Waals surface area contributed by atoms with Gasteiger partial charge in [-0.15, -0.1) is 0 Å². The first-order valence-corrected chi connectivity index (χ1v) is 7.74. The summed E-state index contributed by atoms with van der Waals surface area (Å²) in [6.07, 6.45) is 0. The number of H-pyrrole nitrogens is 2. The summed E-state index contributed by atoms with van der Waals surface area (Å²) < 4.78 is 4.71. The fourth-order valence-corrected chi connectivity index (χ4v) is 2.69. The number of esters is 1. The van der Waals surface area contributed by atoms with Gasteiger partial charge in [0.1, 0.15) is 0 Å². The minimum Gasteiger partial charge on any atom is -0.465 e. The molecular formula is C17H16N4O5. The molecule has 134 valence electrons. The number of nitro groups is 1. The second kappa shape index (κ2) is 6.71. The van der Waals surface area contributed by atoms with Crippen LogP contribution in [0.15, 0.2) is 41.2 Å². The molecule has 0 bridgehead atoms. The van der Waals surface area contributed by atoms with Gasteiger partial charge in [-0.1, -0.05) is 6.07 Å². The third kappa shape index (κ3) is 3.27. The number of benzene rings is 2. The molecule has 9 nitrogen and oxygen atoms in total. The Morgan fingerprint density at radius 2 is 1.92 bits per heavy atom.